The van der Waals surface area contributed by atoms with E-state index in [1.165, 1.54) is 18.4 Å². The summed E-state index contributed by atoms with van der Waals surface area (Å²) in [7, 11) is 1.65. The van der Waals surface area contributed by atoms with Crippen molar-refractivity contribution in [3.8, 4) is 5.75 Å². The van der Waals surface area contributed by atoms with Crippen molar-refractivity contribution in [2.24, 2.45) is 5.73 Å². The lowest BCUT2D eigenvalue weighted by molar-refractivity contribution is -0.159. The van der Waals surface area contributed by atoms with Crippen LogP contribution >= 0.6 is 11.6 Å². The SMILES string of the molecule is CCCN(CCCCN)CCc1ccc(Cl)c(OC)c1.O=C(O)C(=O)O. The maximum atomic E-state index is 9.10. The van der Waals surface area contributed by atoms with E-state index in [0.29, 0.717) is 5.02 Å². The molecule has 0 spiro atoms. The largest absolute Gasteiger partial charge is 0.495 e. The maximum absolute atomic E-state index is 9.10. The predicted octanol–water partition coefficient (Wildman–Crippen LogP) is 2.50. The second-order valence-corrected chi connectivity index (χ2v) is 6.07. The van der Waals surface area contributed by atoms with Crippen LogP contribution in [0.4, 0.5) is 0 Å². The minimum atomic E-state index is -1.82. The van der Waals surface area contributed by atoms with E-state index in [1.54, 1.807) is 7.11 Å². The highest BCUT2D eigenvalue weighted by molar-refractivity contribution is 6.32. The number of hydrogen-bond donors (Lipinski definition) is 3. The third kappa shape index (κ3) is 10.9. The van der Waals surface area contributed by atoms with Crippen LogP contribution in [0.3, 0.4) is 0 Å². The molecular formula is C18H29ClN2O5. The molecule has 0 saturated heterocycles. The number of ether oxygens (including phenoxy) is 1. The van der Waals surface area contributed by atoms with Crippen LogP contribution in [0.15, 0.2) is 18.2 Å². The minimum absolute atomic E-state index is 0.671. The van der Waals surface area contributed by atoms with Crippen molar-refractivity contribution in [2.75, 3.05) is 33.3 Å². The van der Waals surface area contributed by atoms with E-state index in [1.807, 2.05) is 12.1 Å². The van der Waals surface area contributed by atoms with Gasteiger partial charge in [-0.2, -0.15) is 0 Å². The summed E-state index contributed by atoms with van der Waals surface area (Å²) in [5.74, 6) is -2.89. The van der Waals surface area contributed by atoms with Crippen LogP contribution in [-0.2, 0) is 16.0 Å². The fraction of sp³-hybridized carbons (Fsp3) is 0.556. The van der Waals surface area contributed by atoms with Crippen LogP contribution in [0.1, 0.15) is 31.7 Å². The number of halogens is 1. The lowest BCUT2D eigenvalue weighted by Crippen LogP contribution is -2.28. The molecule has 4 N–H and O–H groups in total. The van der Waals surface area contributed by atoms with E-state index < -0.39 is 11.9 Å². The molecule has 0 bridgehead atoms. The number of rotatable bonds is 10. The van der Waals surface area contributed by atoms with E-state index in [9.17, 15) is 0 Å². The fourth-order valence-corrected chi connectivity index (χ4v) is 2.47. The molecule has 148 valence electrons. The Morgan fingerprint density at radius 3 is 2.31 bits per heavy atom. The number of unbranched alkanes of at least 4 members (excludes halogenated alkanes) is 1. The van der Waals surface area contributed by atoms with Gasteiger partial charge in [0.1, 0.15) is 5.75 Å². The van der Waals surface area contributed by atoms with Gasteiger partial charge in [0.15, 0.2) is 0 Å². The van der Waals surface area contributed by atoms with Crippen LogP contribution in [0.2, 0.25) is 5.02 Å². The summed E-state index contributed by atoms with van der Waals surface area (Å²) < 4.78 is 5.26. The Labute approximate surface area is 159 Å². The van der Waals surface area contributed by atoms with Crippen LogP contribution in [-0.4, -0.2) is 60.3 Å². The van der Waals surface area contributed by atoms with Gasteiger partial charge in [-0.05, 0) is 63.0 Å². The molecule has 7 nitrogen and oxygen atoms in total. The Kier molecular flexibility index (Phi) is 13.3. The zero-order valence-electron chi connectivity index (χ0n) is 15.4. The number of methoxy groups -OCH3 is 1. The second kappa shape index (κ2) is 14.4. The average molecular weight is 389 g/mol. The number of carboxylic acids is 2. The lowest BCUT2D eigenvalue weighted by atomic mass is 10.1. The molecule has 1 aromatic carbocycles. The van der Waals surface area contributed by atoms with Gasteiger partial charge in [-0.3, -0.25) is 0 Å². The molecule has 0 unspecified atom stereocenters. The third-order valence-electron chi connectivity index (χ3n) is 3.58. The summed E-state index contributed by atoms with van der Waals surface area (Å²) in [4.78, 5) is 20.7. The molecule has 1 aromatic rings. The molecule has 0 aliphatic carbocycles. The highest BCUT2D eigenvalue weighted by Crippen LogP contribution is 2.25. The smallest absolute Gasteiger partial charge is 0.414 e. The van der Waals surface area contributed by atoms with Crippen molar-refractivity contribution >= 4 is 23.5 Å². The van der Waals surface area contributed by atoms with E-state index in [2.05, 4.69) is 17.9 Å². The number of nitrogens with two attached hydrogens (primary N) is 1. The molecular weight excluding hydrogens is 360 g/mol. The van der Waals surface area contributed by atoms with Crippen LogP contribution in [0.5, 0.6) is 5.75 Å². The topological polar surface area (TPSA) is 113 Å². The third-order valence-corrected chi connectivity index (χ3v) is 3.90. The molecule has 0 heterocycles. The molecule has 0 aliphatic heterocycles. The zero-order chi connectivity index (χ0) is 19.9. The standard InChI is InChI=1S/C16H27ClN2O.C2H2O4/c1-3-10-19(11-5-4-9-18)12-8-14-6-7-15(17)16(13-14)20-2;3-1(4)2(5)6/h6-7,13H,3-5,8-12,18H2,1-2H3;(H,3,4)(H,5,6). The number of hydrogen-bond acceptors (Lipinski definition) is 5. The highest BCUT2D eigenvalue weighted by Gasteiger charge is 2.06. The average Bonchev–Trinajstić information content (AvgIpc) is 2.61. The molecule has 0 fully saturated rings. The first kappa shape index (κ1) is 24.2. The van der Waals surface area contributed by atoms with Gasteiger partial charge < -0.3 is 25.6 Å². The van der Waals surface area contributed by atoms with E-state index >= 15 is 0 Å². The van der Waals surface area contributed by atoms with Crippen molar-refractivity contribution in [3.05, 3.63) is 28.8 Å². The van der Waals surface area contributed by atoms with Crippen LogP contribution in [0, 0.1) is 0 Å². The Morgan fingerprint density at radius 1 is 1.15 bits per heavy atom. The number of carbonyl (C=O) groups is 2. The summed E-state index contributed by atoms with van der Waals surface area (Å²) in [6.45, 7) is 6.36. The monoisotopic (exact) mass is 388 g/mol. The zero-order valence-corrected chi connectivity index (χ0v) is 16.2. The maximum Gasteiger partial charge on any atom is 0.414 e. The van der Waals surface area contributed by atoms with Crippen molar-refractivity contribution in [1.82, 2.24) is 4.90 Å². The molecule has 0 amide bonds. The van der Waals surface area contributed by atoms with E-state index in [4.69, 9.17) is 41.9 Å². The number of aliphatic carboxylic acids is 2. The normalized spacial score (nSPS) is 10.2. The molecule has 0 saturated carbocycles. The summed E-state index contributed by atoms with van der Waals surface area (Å²) in [5, 5.41) is 15.5. The van der Waals surface area contributed by atoms with Gasteiger partial charge in [-0.25, -0.2) is 9.59 Å². The van der Waals surface area contributed by atoms with E-state index in [0.717, 1.165) is 44.8 Å². The Bertz CT molecular complexity index is 542. The van der Waals surface area contributed by atoms with Crippen molar-refractivity contribution in [1.29, 1.82) is 0 Å². The van der Waals surface area contributed by atoms with Gasteiger partial charge in [0.2, 0.25) is 0 Å². The molecule has 0 aromatic heterocycles. The number of benzene rings is 1. The molecule has 0 aliphatic rings. The summed E-state index contributed by atoms with van der Waals surface area (Å²) in [5.41, 5.74) is 6.82. The Hall–Kier alpha value is -1.83. The van der Waals surface area contributed by atoms with Gasteiger partial charge in [0.25, 0.3) is 0 Å². The van der Waals surface area contributed by atoms with Crippen LogP contribution in [0.25, 0.3) is 0 Å². The lowest BCUT2D eigenvalue weighted by Gasteiger charge is -2.21. The molecule has 0 atom stereocenters. The first-order chi connectivity index (χ1) is 12.3. The molecule has 26 heavy (non-hydrogen) atoms. The number of nitrogens with zero attached hydrogens (tertiary/aromatic N) is 1. The predicted molar refractivity (Wildman–Crippen MR) is 102 cm³/mol. The van der Waals surface area contributed by atoms with Crippen LogP contribution < -0.4 is 10.5 Å². The minimum Gasteiger partial charge on any atom is -0.495 e. The fourth-order valence-electron chi connectivity index (χ4n) is 2.28. The summed E-state index contributed by atoms with van der Waals surface area (Å²) in [6, 6.07) is 6.02. The Morgan fingerprint density at radius 2 is 1.81 bits per heavy atom. The molecule has 1 rings (SSSR count). The molecule has 8 heteroatoms. The van der Waals surface area contributed by atoms with Crippen molar-refractivity contribution in [2.45, 2.75) is 32.6 Å². The quantitative estimate of drug-likeness (QED) is 0.416. The van der Waals surface area contributed by atoms with Gasteiger partial charge in [-0.15, -0.1) is 0 Å². The van der Waals surface area contributed by atoms with Gasteiger partial charge >= 0.3 is 11.9 Å². The Balaban J connectivity index is 0.000000896. The molecule has 0 radical (unpaired) electrons. The first-order valence-electron chi connectivity index (χ1n) is 8.56. The highest BCUT2D eigenvalue weighted by atomic mass is 35.5. The van der Waals surface area contributed by atoms with Crippen molar-refractivity contribution in [3.63, 3.8) is 0 Å². The van der Waals surface area contributed by atoms with Gasteiger partial charge in [0.05, 0.1) is 12.1 Å². The summed E-state index contributed by atoms with van der Waals surface area (Å²) >= 11 is 6.05. The first-order valence-corrected chi connectivity index (χ1v) is 8.94. The second-order valence-electron chi connectivity index (χ2n) is 5.67. The van der Waals surface area contributed by atoms with Crippen molar-refractivity contribution < 1.29 is 24.5 Å². The summed E-state index contributed by atoms with van der Waals surface area (Å²) in [6.07, 6.45) is 4.50. The number of carboxylic acid groups (broad SMARTS) is 2. The van der Waals surface area contributed by atoms with E-state index in [-0.39, 0.29) is 0 Å². The van der Waals surface area contributed by atoms with Gasteiger partial charge in [0, 0.05) is 6.54 Å². The van der Waals surface area contributed by atoms with Gasteiger partial charge in [-0.1, -0.05) is 24.6 Å².